The number of hydrogen-bond donors (Lipinski definition) is 1. The molecule has 2 aromatic carbocycles. The Bertz CT molecular complexity index is 1020. The summed E-state index contributed by atoms with van der Waals surface area (Å²) < 4.78 is 30.9. The first-order valence-electron chi connectivity index (χ1n) is 8.52. The standard InChI is InChI=1S/C19H21N3O6S/c1-4-11-28-18-10-5-7-15(12-18)20-19(23)14(2)21(29(3,26)27)16-8-6-9-17(13-16)22(24)25/h4-10,12-14H,1,11H2,2-3H3,(H,20,23). The maximum Gasteiger partial charge on any atom is 0.271 e. The van der Waals surface area contributed by atoms with E-state index in [1.54, 1.807) is 30.3 Å². The second-order valence-corrected chi connectivity index (χ2v) is 7.99. The fourth-order valence-electron chi connectivity index (χ4n) is 2.62. The summed E-state index contributed by atoms with van der Waals surface area (Å²) in [6.07, 6.45) is 2.51. The van der Waals surface area contributed by atoms with Crippen LogP contribution < -0.4 is 14.4 Å². The van der Waals surface area contributed by atoms with E-state index in [0.717, 1.165) is 16.6 Å². The van der Waals surface area contributed by atoms with Crippen LogP contribution in [0, 0.1) is 10.1 Å². The minimum absolute atomic E-state index is 0.0208. The molecule has 1 amide bonds. The first kappa shape index (κ1) is 21.9. The van der Waals surface area contributed by atoms with Crippen molar-refractivity contribution in [2.75, 3.05) is 22.5 Å². The van der Waals surface area contributed by atoms with Crippen LogP contribution in [0.15, 0.2) is 61.2 Å². The quantitative estimate of drug-likeness (QED) is 0.379. The van der Waals surface area contributed by atoms with Gasteiger partial charge in [-0.05, 0) is 25.1 Å². The zero-order chi connectivity index (χ0) is 21.6. The van der Waals surface area contributed by atoms with Gasteiger partial charge in [-0.2, -0.15) is 0 Å². The van der Waals surface area contributed by atoms with E-state index in [2.05, 4.69) is 11.9 Å². The normalized spacial score (nSPS) is 11.9. The van der Waals surface area contributed by atoms with Gasteiger partial charge in [0.15, 0.2) is 0 Å². The number of nitro groups is 1. The van der Waals surface area contributed by atoms with Gasteiger partial charge in [-0.1, -0.05) is 24.8 Å². The molecule has 0 fully saturated rings. The van der Waals surface area contributed by atoms with Gasteiger partial charge >= 0.3 is 0 Å². The number of sulfonamides is 1. The number of rotatable bonds is 9. The molecule has 9 nitrogen and oxygen atoms in total. The van der Waals surface area contributed by atoms with Crippen molar-refractivity contribution in [2.24, 2.45) is 0 Å². The Morgan fingerprint density at radius 1 is 1.31 bits per heavy atom. The average Bonchev–Trinajstić information content (AvgIpc) is 2.65. The minimum Gasteiger partial charge on any atom is -0.489 e. The van der Waals surface area contributed by atoms with E-state index < -0.39 is 26.9 Å². The Kier molecular flexibility index (Phi) is 6.94. The number of amides is 1. The van der Waals surface area contributed by atoms with Crippen LogP contribution in [-0.4, -0.2) is 38.2 Å². The number of nitrogens with zero attached hydrogens (tertiary/aromatic N) is 2. The van der Waals surface area contributed by atoms with Crippen LogP contribution >= 0.6 is 0 Å². The van der Waals surface area contributed by atoms with Crippen molar-refractivity contribution < 1.29 is 22.9 Å². The number of anilines is 2. The van der Waals surface area contributed by atoms with E-state index in [4.69, 9.17) is 4.74 Å². The molecule has 0 saturated carbocycles. The fraction of sp³-hybridized carbons (Fsp3) is 0.211. The predicted molar refractivity (Wildman–Crippen MR) is 111 cm³/mol. The number of non-ortho nitro benzene ring substituents is 1. The van der Waals surface area contributed by atoms with Crippen LogP contribution in [0.1, 0.15) is 6.92 Å². The summed E-state index contributed by atoms with van der Waals surface area (Å²) in [5.41, 5.74) is 0.152. The van der Waals surface area contributed by atoms with Crippen LogP contribution in [0.25, 0.3) is 0 Å². The highest BCUT2D eigenvalue weighted by atomic mass is 32.2. The SMILES string of the molecule is C=CCOc1cccc(NC(=O)C(C)N(c2cccc([N+](=O)[O-])c2)S(C)(=O)=O)c1. The van der Waals surface area contributed by atoms with Crippen LogP contribution in [0.2, 0.25) is 0 Å². The van der Waals surface area contributed by atoms with Gasteiger partial charge in [-0.3, -0.25) is 19.2 Å². The summed E-state index contributed by atoms with van der Waals surface area (Å²) in [5, 5.41) is 13.7. The molecule has 0 bridgehead atoms. The molecular formula is C19H21N3O6S. The van der Waals surface area contributed by atoms with Crippen molar-refractivity contribution in [3.63, 3.8) is 0 Å². The number of nitrogens with one attached hydrogen (secondary N) is 1. The third kappa shape index (κ3) is 5.79. The Morgan fingerprint density at radius 2 is 2.00 bits per heavy atom. The fourth-order valence-corrected chi connectivity index (χ4v) is 3.78. The van der Waals surface area contributed by atoms with Gasteiger partial charge in [0.2, 0.25) is 15.9 Å². The lowest BCUT2D eigenvalue weighted by Gasteiger charge is -2.28. The molecule has 0 aliphatic carbocycles. The zero-order valence-electron chi connectivity index (χ0n) is 15.9. The summed E-state index contributed by atoms with van der Waals surface area (Å²) >= 11 is 0. The highest BCUT2D eigenvalue weighted by Crippen LogP contribution is 2.26. The van der Waals surface area contributed by atoms with Crippen molar-refractivity contribution in [2.45, 2.75) is 13.0 Å². The van der Waals surface area contributed by atoms with Gasteiger partial charge in [0.05, 0.1) is 16.9 Å². The third-order valence-electron chi connectivity index (χ3n) is 3.85. The van der Waals surface area contributed by atoms with Crippen molar-refractivity contribution in [3.05, 3.63) is 71.3 Å². The summed E-state index contributed by atoms with van der Waals surface area (Å²) in [4.78, 5) is 23.1. The first-order chi connectivity index (χ1) is 13.6. The maximum atomic E-state index is 12.7. The van der Waals surface area contributed by atoms with Gasteiger partial charge in [-0.15, -0.1) is 0 Å². The monoisotopic (exact) mass is 419 g/mol. The van der Waals surface area contributed by atoms with Gasteiger partial charge in [0.25, 0.3) is 5.69 Å². The number of carbonyl (C=O) groups is 1. The molecule has 0 radical (unpaired) electrons. The Morgan fingerprint density at radius 3 is 2.62 bits per heavy atom. The van der Waals surface area contributed by atoms with Gasteiger partial charge in [0.1, 0.15) is 18.4 Å². The second kappa shape index (κ2) is 9.20. The molecule has 0 heterocycles. The molecule has 1 atom stereocenters. The maximum absolute atomic E-state index is 12.7. The van der Waals surface area contributed by atoms with Crippen molar-refractivity contribution >= 4 is 33.0 Å². The van der Waals surface area contributed by atoms with Crippen molar-refractivity contribution in [1.29, 1.82) is 0 Å². The van der Waals surface area contributed by atoms with E-state index in [9.17, 15) is 23.3 Å². The molecule has 0 saturated heterocycles. The molecular weight excluding hydrogens is 398 g/mol. The average molecular weight is 419 g/mol. The Labute approximate surface area is 168 Å². The van der Waals surface area contributed by atoms with E-state index >= 15 is 0 Å². The highest BCUT2D eigenvalue weighted by Gasteiger charge is 2.30. The lowest BCUT2D eigenvalue weighted by Crippen LogP contribution is -2.45. The third-order valence-corrected chi connectivity index (χ3v) is 5.09. The van der Waals surface area contributed by atoms with Crippen molar-refractivity contribution in [3.8, 4) is 5.75 Å². The summed E-state index contributed by atoms with van der Waals surface area (Å²) in [6, 6.07) is 10.5. The molecule has 0 aliphatic heterocycles. The minimum atomic E-state index is -3.90. The van der Waals surface area contributed by atoms with Crippen LogP contribution in [0.4, 0.5) is 17.1 Å². The van der Waals surface area contributed by atoms with Crippen LogP contribution in [-0.2, 0) is 14.8 Å². The van der Waals surface area contributed by atoms with Crippen LogP contribution in [0.3, 0.4) is 0 Å². The summed E-state index contributed by atoms with van der Waals surface area (Å²) in [5.74, 6) is -0.100. The lowest BCUT2D eigenvalue weighted by atomic mass is 10.2. The van der Waals surface area contributed by atoms with Crippen LogP contribution in [0.5, 0.6) is 5.75 Å². The molecule has 1 N–H and O–H groups in total. The van der Waals surface area contributed by atoms with E-state index in [1.807, 2.05) is 0 Å². The molecule has 0 aromatic heterocycles. The zero-order valence-corrected chi connectivity index (χ0v) is 16.8. The molecule has 10 heteroatoms. The lowest BCUT2D eigenvalue weighted by molar-refractivity contribution is -0.384. The molecule has 0 aliphatic rings. The first-order valence-corrected chi connectivity index (χ1v) is 10.4. The molecule has 2 rings (SSSR count). The molecule has 0 spiro atoms. The largest absolute Gasteiger partial charge is 0.489 e. The number of ether oxygens (including phenoxy) is 1. The smallest absolute Gasteiger partial charge is 0.271 e. The Hall–Kier alpha value is -3.40. The molecule has 29 heavy (non-hydrogen) atoms. The number of carbonyl (C=O) groups excluding carboxylic acids is 1. The van der Waals surface area contributed by atoms with E-state index in [1.165, 1.54) is 25.1 Å². The number of benzene rings is 2. The second-order valence-electron chi connectivity index (χ2n) is 6.13. The topological polar surface area (TPSA) is 119 Å². The highest BCUT2D eigenvalue weighted by molar-refractivity contribution is 7.92. The molecule has 154 valence electrons. The summed E-state index contributed by atoms with van der Waals surface area (Å²) in [6.45, 7) is 5.25. The molecule has 1 unspecified atom stereocenters. The number of hydrogen-bond acceptors (Lipinski definition) is 6. The van der Waals surface area contributed by atoms with E-state index in [-0.39, 0.29) is 11.4 Å². The Balaban J connectivity index is 2.29. The number of nitro benzene ring substituents is 1. The molecule has 2 aromatic rings. The van der Waals surface area contributed by atoms with Gasteiger partial charge < -0.3 is 10.1 Å². The van der Waals surface area contributed by atoms with Gasteiger partial charge in [0, 0.05) is 23.9 Å². The van der Waals surface area contributed by atoms with Gasteiger partial charge in [-0.25, -0.2) is 8.42 Å². The summed E-state index contributed by atoms with van der Waals surface area (Å²) in [7, 11) is -3.90. The van der Waals surface area contributed by atoms with Crippen molar-refractivity contribution in [1.82, 2.24) is 0 Å². The predicted octanol–water partition coefficient (Wildman–Crippen LogP) is 2.95. The van der Waals surface area contributed by atoms with E-state index in [0.29, 0.717) is 18.0 Å².